The Balaban J connectivity index is 0.000000720. The van der Waals surface area contributed by atoms with Crippen molar-refractivity contribution in [3.63, 3.8) is 0 Å². The second kappa shape index (κ2) is 4.56. The third-order valence-corrected chi connectivity index (χ3v) is 3.54. The van der Waals surface area contributed by atoms with Crippen LogP contribution in [0.2, 0.25) is 0 Å². The molecule has 0 amide bonds. The minimum absolute atomic E-state index is 0. The highest BCUT2D eigenvalue weighted by Crippen LogP contribution is 2.28. The van der Waals surface area contributed by atoms with Gasteiger partial charge in [-0.05, 0) is 28.9 Å². The normalized spacial score (nSPS) is 22.2. The van der Waals surface area contributed by atoms with Gasteiger partial charge in [-0.2, -0.15) is 0 Å². The molecule has 12 heavy (non-hydrogen) atoms. The highest BCUT2D eigenvalue weighted by atomic mass is 79.9. The van der Waals surface area contributed by atoms with Crippen molar-refractivity contribution in [2.24, 2.45) is 0 Å². The SMILES string of the molecule is Brc1cnc(C2CCNC2)s1.Cl. The van der Waals surface area contributed by atoms with Crippen molar-refractivity contribution in [3.05, 3.63) is 15.0 Å². The maximum atomic E-state index is 4.33. The van der Waals surface area contributed by atoms with E-state index in [2.05, 4.69) is 26.2 Å². The predicted molar refractivity (Wildman–Crippen MR) is 57.3 cm³/mol. The van der Waals surface area contributed by atoms with Crippen molar-refractivity contribution < 1.29 is 0 Å². The lowest BCUT2D eigenvalue weighted by atomic mass is 10.1. The van der Waals surface area contributed by atoms with Gasteiger partial charge in [0.15, 0.2) is 0 Å². The first kappa shape index (κ1) is 10.4. The zero-order valence-corrected chi connectivity index (χ0v) is 9.64. The Bertz CT molecular complexity index is 247. The Morgan fingerprint density at radius 3 is 3.00 bits per heavy atom. The van der Waals surface area contributed by atoms with Crippen molar-refractivity contribution in [2.75, 3.05) is 13.1 Å². The lowest BCUT2D eigenvalue weighted by Gasteiger charge is -2.00. The predicted octanol–water partition coefficient (Wildman–Crippen LogP) is 2.40. The molecule has 68 valence electrons. The van der Waals surface area contributed by atoms with Crippen LogP contribution in [0.25, 0.3) is 0 Å². The number of hydrogen-bond acceptors (Lipinski definition) is 3. The Morgan fingerprint density at radius 2 is 2.50 bits per heavy atom. The number of halogens is 2. The van der Waals surface area contributed by atoms with E-state index in [1.165, 1.54) is 11.4 Å². The van der Waals surface area contributed by atoms with E-state index >= 15 is 0 Å². The molecule has 1 aromatic heterocycles. The topological polar surface area (TPSA) is 24.9 Å². The molecule has 0 bridgehead atoms. The fraction of sp³-hybridized carbons (Fsp3) is 0.571. The smallest absolute Gasteiger partial charge is 0.0980 e. The van der Waals surface area contributed by atoms with E-state index in [4.69, 9.17) is 0 Å². The summed E-state index contributed by atoms with van der Waals surface area (Å²) in [6, 6.07) is 0. The maximum absolute atomic E-state index is 4.33. The molecule has 1 aliphatic rings. The second-order valence-corrected chi connectivity index (χ2v) is 5.13. The van der Waals surface area contributed by atoms with Crippen LogP contribution in [0.4, 0.5) is 0 Å². The average Bonchev–Trinajstić information content (AvgIpc) is 2.55. The number of thiazole rings is 1. The molecule has 0 spiro atoms. The lowest BCUT2D eigenvalue weighted by Crippen LogP contribution is -2.07. The van der Waals surface area contributed by atoms with Crippen molar-refractivity contribution in [1.82, 2.24) is 10.3 Å². The number of nitrogens with zero attached hydrogens (tertiary/aromatic N) is 1. The quantitative estimate of drug-likeness (QED) is 0.847. The molecule has 0 aromatic carbocycles. The molecule has 0 radical (unpaired) electrons. The van der Waals surface area contributed by atoms with Crippen LogP contribution in [-0.2, 0) is 0 Å². The van der Waals surface area contributed by atoms with E-state index in [-0.39, 0.29) is 12.4 Å². The average molecular weight is 270 g/mol. The summed E-state index contributed by atoms with van der Waals surface area (Å²) >= 11 is 5.17. The molecule has 1 unspecified atom stereocenters. The minimum atomic E-state index is 0. The van der Waals surface area contributed by atoms with Crippen molar-refractivity contribution in [3.8, 4) is 0 Å². The molecule has 0 aliphatic carbocycles. The first-order valence-corrected chi connectivity index (χ1v) is 5.29. The van der Waals surface area contributed by atoms with E-state index < -0.39 is 0 Å². The van der Waals surface area contributed by atoms with Gasteiger partial charge in [-0.1, -0.05) is 0 Å². The van der Waals surface area contributed by atoms with Gasteiger partial charge in [0.25, 0.3) is 0 Å². The molecule has 1 fully saturated rings. The second-order valence-electron chi connectivity index (χ2n) is 2.69. The Labute approximate surface area is 90.3 Å². The summed E-state index contributed by atoms with van der Waals surface area (Å²) in [6.45, 7) is 2.24. The first-order valence-electron chi connectivity index (χ1n) is 3.68. The number of hydrogen-bond donors (Lipinski definition) is 1. The van der Waals surface area contributed by atoms with Gasteiger partial charge in [0, 0.05) is 12.5 Å². The lowest BCUT2D eigenvalue weighted by molar-refractivity contribution is 0.755. The molecule has 2 rings (SSSR count). The van der Waals surface area contributed by atoms with Crippen LogP contribution in [0.5, 0.6) is 0 Å². The van der Waals surface area contributed by atoms with Crippen LogP contribution in [0.3, 0.4) is 0 Å². The highest BCUT2D eigenvalue weighted by molar-refractivity contribution is 9.11. The van der Waals surface area contributed by atoms with Gasteiger partial charge >= 0.3 is 0 Å². The van der Waals surface area contributed by atoms with Gasteiger partial charge in [-0.3, -0.25) is 0 Å². The van der Waals surface area contributed by atoms with Gasteiger partial charge in [0.05, 0.1) is 15.0 Å². The molecule has 1 aromatic rings. The van der Waals surface area contributed by atoms with E-state index in [0.717, 1.165) is 16.9 Å². The Kier molecular flexibility index (Phi) is 3.96. The van der Waals surface area contributed by atoms with Gasteiger partial charge in [-0.25, -0.2) is 4.98 Å². The van der Waals surface area contributed by atoms with Crippen molar-refractivity contribution >= 4 is 39.7 Å². The summed E-state index contributed by atoms with van der Waals surface area (Å²) in [6.07, 6.45) is 3.12. The maximum Gasteiger partial charge on any atom is 0.0980 e. The van der Waals surface area contributed by atoms with Crippen molar-refractivity contribution in [2.45, 2.75) is 12.3 Å². The molecule has 1 atom stereocenters. The summed E-state index contributed by atoms with van der Waals surface area (Å²) in [4.78, 5) is 4.33. The highest BCUT2D eigenvalue weighted by Gasteiger charge is 2.19. The molecule has 0 saturated carbocycles. The van der Waals surface area contributed by atoms with Crippen LogP contribution < -0.4 is 5.32 Å². The standard InChI is InChI=1S/C7H9BrN2S.ClH/c8-6-4-10-7(11-6)5-1-2-9-3-5;/h4-5,9H,1-3H2;1H. The van der Waals surface area contributed by atoms with Gasteiger partial charge in [-0.15, -0.1) is 23.7 Å². The summed E-state index contributed by atoms with van der Waals surface area (Å²) in [7, 11) is 0. The van der Waals surface area contributed by atoms with Gasteiger partial charge < -0.3 is 5.32 Å². The van der Waals surface area contributed by atoms with E-state index in [1.54, 1.807) is 11.3 Å². The number of nitrogens with one attached hydrogen (secondary N) is 1. The molecule has 2 heterocycles. The third kappa shape index (κ3) is 2.19. The third-order valence-electron chi connectivity index (χ3n) is 1.90. The molecule has 1 N–H and O–H groups in total. The molecule has 5 heteroatoms. The first-order chi connectivity index (χ1) is 5.36. The fourth-order valence-corrected chi connectivity index (χ4v) is 2.70. The zero-order chi connectivity index (χ0) is 7.68. The fourth-order valence-electron chi connectivity index (χ4n) is 1.32. The van der Waals surface area contributed by atoms with Gasteiger partial charge in [0.2, 0.25) is 0 Å². The number of rotatable bonds is 1. The largest absolute Gasteiger partial charge is 0.316 e. The zero-order valence-electron chi connectivity index (χ0n) is 6.42. The van der Waals surface area contributed by atoms with Crippen molar-refractivity contribution in [1.29, 1.82) is 0 Å². The van der Waals surface area contributed by atoms with E-state index in [1.807, 2.05) is 6.20 Å². The minimum Gasteiger partial charge on any atom is -0.316 e. The summed E-state index contributed by atoms with van der Waals surface area (Å²) in [5.74, 6) is 0.659. The molecule has 2 nitrogen and oxygen atoms in total. The molecular weight excluding hydrogens is 260 g/mol. The summed E-state index contributed by atoms with van der Waals surface area (Å²) in [5, 5.41) is 4.60. The summed E-state index contributed by atoms with van der Waals surface area (Å²) < 4.78 is 1.14. The van der Waals surface area contributed by atoms with Crippen LogP contribution in [-0.4, -0.2) is 18.1 Å². The molecule has 1 aliphatic heterocycles. The molecule has 1 saturated heterocycles. The van der Waals surface area contributed by atoms with Crippen LogP contribution in [0.15, 0.2) is 9.98 Å². The number of aromatic nitrogens is 1. The van der Waals surface area contributed by atoms with E-state index in [0.29, 0.717) is 5.92 Å². The van der Waals surface area contributed by atoms with Crippen LogP contribution >= 0.6 is 39.7 Å². The van der Waals surface area contributed by atoms with E-state index in [9.17, 15) is 0 Å². The summed E-state index contributed by atoms with van der Waals surface area (Å²) in [5.41, 5.74) is 0. The Morgan fingerprint density at radius 1 is 1.67 bits per heavy atom. The Hall–Kier alpha value is 0.360. The van der Waals surface area contributed by atoms with Gasteiger partial charge in [0.1, 0.15) is 0 Å². The van der Waals surface area contributed by atoms with Crippen LogP contribution in [0, 0.1) is 0 Å². The molecular formula is C7H10BrClN2S. The monoisotopic (exact) mass is 268 g/mol. The van der Waals surface area contributed by atoms with Crippen LogP contribution in [0.1, 0.15) is 17.3 Å².